The molecule has 1 atom stereocenters. The van der Waals surface area contributed by atoms with E-state index in [0.29, 0.717) is 0 Å². The number of rotatable bonds is 3. The van der Waals surface area contributed by atoms with E-state index in [1.807, 2.05) is 0 Å². The molecule has 6 nitrogen and oxygen atoms in total. The van der Waals surface area contributed by atoms with Crippen LogP contribution in [-0.4, -0.2) is 23.4 Å². The summed E-state index contributed by atoms with van der Waals surface area (Å²) in [5.74, 6) is -0.198. The van der Waals surface area contributed by atoms with Crippen LogP contribution in [0.1, 0.15) is 25.7 Å². The highest BCUT2D eigenvalue weighted by molar-refractivity contribution is 5.96. The maximum atomic E-state index is 12.1. The first-order valence-electron chi connectivity index (χ1n) is 6.46. The summed E-state index contributed by atoms with van der Waals surface area (Å²) in [7, 11) is 0. The lowest BCUT2D eigenvalue weighted by Crippen LogP contribution is -2.39. The van der Waals surface area contributed by atoms with Crippen molar-refractivity contribution in [2.45, 2.75) is 31.7 Å². The molecule has 2 N–H and O–H groups in total. The van der Waals surface area contributed by atoms with Crippen molar-refractivity contribution in [3.63, 3.8) is 0 Å². The molecular weight excluding hydrogens is 246 g/mol. The lowest BCUT2D eigenvalue weighted by molar-refractivity contribution is -0.383. The van der Waals surface area contributed by atoms with Crippen LogP contribution in [0, 0.1) is 10.1 Å². The zero-order valence-electron chi connectivity index (χ0n) is 10.6. The maximum absolute atomic E-state index is 12.1. The van der Waals surface area contributed by atoms with Crippen molar-refractivity contribution in [3.05, 3.63) is 34.4 Å². The Morgan fingerprint density at radius 3 is 2.89 bits per heavy atom. The van der Waals surface area contributed by atoms with E-state index in [2.05, 4.69) is 10.6 Å². The van der Waals surface area contributed by atoms with Gasteiger partial charge in [-0.05, 0) is 25.5 Å². The summed E-state index contributed by atoms with van der Waals surface area (Å²) in [5.41, 5.74) is 0.174. The van der Waals surface area contributed by atoms with E-state index in [-0.39, 0.29) is 23.3 Å². The Morgan fingerprint density at radius 2 is 2.11 bits per heavy atom. The number of anilines is 1. The van der Waals surface area contributed by atoms with Crippen LogP contribution in [0.3, 0.4) is 0 Å². The van der Waals surface area contributed by atoms with E-state index < -0.39 is 4.92 Å². The fraction of sp³-hybridized carbons (Fsp3) is 0.462. The molecule has 0 spiro atoms. The van der Waals surface area contributed by atoms with Gasteiger partial charge in [-0.15, -0.1) is 0 Å². The molecule has 102 valence electrons. The Kier molecular flexibility index (Phi) is 4.46. The molecule has 1 aromatic carbocycles. The first-order chi connectivity index (χ1) is 9.18. The number of nitrogens with zero attached hydrogens (tertiary/aromatic N) is 1. The molecule has 1 unspecified atom stereocenters. The van der Waals surface area contributed by atoms with Crippen LogP contribution in [0.15, 0.2) is 24.3 Å². The highest BCUT2D eigenvalue weighted by Gasteiger charge is 2.22. The maximum Gasteiger partial charge on any atom is 0.292 e. The minimum absolute atomic E-state index is 0.0792. The molecule has 0 aliphatic carbocycles. The normalized spacial score (nSPS) is 19.5. The standard InChI is InChI=1S/C13H17N3O3/c17-13(11-7-2-1-5-9-14-11)15-10-6-3-4-8-12(10)16(18)19/h3-4,6,8,11,14H,1-2,5,7,9H2,(H,15,17). The Labute approximate surface area is 111 Å². The van der Waals surface area contributed by atoms with Crippen LogP contribution in [0.2, 0.25) is 0 Å². The predicted molar refractivity (Wildman–Crippen MR) is 72.0 cm³/mol. The average Bonchev–Trinajstić information content (AvgIpc) is 2.68. The number of nitro benzene ring substituents is 1. The van der Waals surface area contributed by atoms with E-state index in [0.717, 1.165) is 32.2 Å². The number of nitrogens with one attached hydrogen (secondary N) is 2. The van der Waals surface area contributed by atoms with Crippen LogP contribution in [0.5, 0.6) is 0 Å². The molecule has 1 aromatic rings. The lowest BCUT2D eigenvalue weighted by atomic mass is 10.1. The van der Waals surface area contributed by atoms with Crippen LogP contribution < -0.4 is 10.6 Å². The lowest BCUT2D eigenvalue weighted by Gasteiger charge is -2.15. The van der Waals surface area contributed by atoms with Gasteiger partial charge in [-0.1, -0.05) is 25.0 Å². The zero-order valence-corrected chi connectivity index (χ0v) is 10.6. The van der Waals surface area contributed by atoms with Gasteiger partial charge in [0.2, 0.25) is 5.91 Å². The van der Waals surface area contributed by atoms with Crippen molar-refractivity contribution in [1.29, 1.82) is 0 Å². The van der Waals surface area contributed by atoms with Gasteiger partial charge in [0.05, 0.1) is 11.0 Å². The van der Waals surface area contributed by atoms with Gasteiger partial charge >= 0.3 is 0 Å². The van der Waals surface area contributed by atoms with Crippen LogP contribution in [0.25, 0.3) is 0 Å². The molecule has 1 heterocycles. The summed E-state index contributed by atoms with van der Waals surface area (Å²) in [5, 5.41) is 16.7. The van der Waals surface area contributed by atoms with Crippen molar-refractivity contribution >= 4 is 17.3 Å². The zero-order chi connectivity index (χ0) is 13.7. The van der Waals surface area contributed by atoms with Crippen LogP contribution in [-0.2, 0) is 4.79 Å². The minimum Gasteiger partial charge on any atom is -0.319 e. The Balaban J connectivity index is 2.07. The smallest absolute Gasteiger partial charge is 0.292 e. The molecule has 1 aliphatic rings. The third-order valence-corrected chi connectivity index (χ3v) is 3.24. The Bertz CT molecular complexity index is 468. The SMILES string of the molecule is O=C(Nc1ccccc1[N+](=O)[O-])C1CCCCCN1. The quantitative estimate of drug-likeness (QED) is 0.645. The summed E-state index contributed by atoms with van der Waals surface area (Å²) in [6, 6.07) is 5.92. The fourth-order valence-electron chi connectivity index (χ4n) is 2.21. The number of hydrogen-bond acceptors (Lipinski definition) is 4. The summed E-state index contributed by atoms with van der Waals surface area (Å²) in [6.07, 6.45) is 3.95. The molecule has 0 radical (unpaired) electrons. The van der Waals surface area contributed by atoms with E-state index in [4.69, 9.17) is 0 Å². The van der Waals surface area contributed by atoms with Gasteiger partial charge in [-0.3, -0.25) is 14.9 Å². The van der Waals surface area contributed by atoms with E-state index >= 15 is 0 Å². The molecular formula is C13H17N3O3. The number of nitro groups is 1. The summed E-state index contributed by atoms with van der Waals surface area (Å²) >= 11 is 0. The first kappa shape index (κ1) is 13.5. The molecule has 1 fully saturated rings. The van der Waals surface area contributed by atoms with Crippen molar-refractivity contribution in [3.8, 4) is 0 Å². The van der Waals surface area contributed by atoms with Gasteiger partial charge in [-0.2, -0.15) is 0 Å². The van der Waals surface area contributed by atoms with Gasteiger partial charge in [0.25, 0.3) is 5.69 Å². The second-order valence-corrected chi connectivity index (χ2v) is 4.62. The first-order valence-corrected chi connectivity index (χ1v) is 6.46. The van der Waals surface area contributed by atoms with Crippen LogP contribution >= 0.6 is 0 Å². The summed E-state index contributed by atoms with van der Waals surface area (Å²) in [6.45, 7) is 0.814. The topological polar surface area (TPSA) is 84.3 Å². The summed E-state index contributed by atoms with van der Waals surface area (Å²) < 4.78 is 0. The monoisotopic (exact) mass is 263 g/mol. The van der Waals surface area contributed by atoms with E-state index in [1.54, 1.807) is 18.2 Å². The molecule has 2 rings (SSSR count). The number of amides is 1. The van der Waals surface area contributed by atoms with E-state index in [9.17, 15) is 14.9 Å². The van der Waals surface area contributed by atoms with Gasteiger partial charge in [0, 0.05) is 6.07 Å². The molecule has 0 saturated carbocycles. The average molecular weight is 263 g/mol. The molecule has 0 aromatic heterocycles. The minimum atomic E-state index is -0.490. The number of benzene rings is 1. The van der Waals surface area contributed by atoms with Gasteiger partial charge < -0.3 is 10.6 Å². The largest absolute Gasteiger partial charge is 0.319 e. The molecule has 1 aliphatic heterocycles. The Morgan fingerprint density at radius 1 is 1.32 bits per heavy atom. The Hall–Kier alpha value is -1.95. The second-order valence-electron chi connectivity index (χ2n) is 4.62. The summed E-state index contributed by atoms with van der Waals surface area (Å²) in [4.78, 5) is 22.5. The third-order valence-electron chi connectivity index (χ3n) is 3.24. The number of hydrogen-bond donors (Lipinski definition) is 2. The molecule has 1 saturated heterocycles. The molecule has 19 heavy (non-hydrogen) atoms. The van der Waals surface area contributed by atoms with Gasteiger partial charge in [-0.25, -0.2) is 0 Å². The van der Waals surface area contributed by atoms with E-state index in [1.165, 1.54) is 6.07 Å². The van der Waals surface area contributed by atoms with Crippen molar-refractivity contribution in [2.75, 3.05) is 11.9 Å². The van der Waals surface area contributed by atoms with Gasteiger partial charge in [0.15, 0.2) is 0 Å². The number of carbonyl (C=O) groups is 1. The number of para-hydroxylation sites is 2. The highest BCUT2D eigenvalue weighted by Crippen LogP contribution is 2.23. The molecule has 1 amide bonds. The second kappa shape index (κ2) is 6.29. The van der Waals surface area contributed by atoms with Crippen LogP contribution in [0.4, 0.5) is 11.4 Å². The predicted octanol–water partition coefficient (Wildman–Crippen LogP) is 2.07. The van der Waals surface area contributed by atoms with Crippen molar-refractivity contribution in [2.24, 2.45) is 0 Å². The highest BCUT2D eigenvalue weighted by atomic mass is 16.6. The third kappa shape index (κ3) is 3.51. The van der Waals surface area contributed by atoms with Crippen molar-refractivity contribution in [1.82, 2.24) is 5.32 Å². The molecule has 6 heteroatoms. The van der Waals surface area contributed by atoms with Crippen molar-refractivity contribution < 1.29 is 9.72 Å². The van der Waals surface area contributed by atoms with Gasteiger partial charge in [0.1, 0.15) is 5.69 Å². The fourth-order valence-corrected chi connectivity index (χ4v) is 2.21. The molecule has 0 bridgehead atoms. The number of carbonyl (C=O) groups excluding carboxylic acids is 1.